The average molecular weight is 582 g/mol. The number of hydrogen-bond donors (Lipinski definition) is 1. The van der Waals surface area contributed by atoms with Crippen LogP contribution in [-0.2, 0) is 18.8 Å². The molecule has 0 radical (unpaired) electrons. The summed E-state index contributed by atoms with van der Waals surface area (Å²) in [5, 5.41) is 10.3. The van der Waals surface area contributed by atoms with Crippen LogP contribution in [0, 0.1) is 0 Å². The predicted molar refractivity (Wildman–Crippen MR) is 132 cm³/mol. The fourth-order valence-corrected chi connectivity index (χ4v) is 4.00. The topological polar surface area (TPSA) is 32.7 Å². The van der Waals surface area contributed by atoms with Crippen molar-refractivity contribution in [2.75, 3.05) is 18.0 Å². The van der Waals surface area contributed by atoms with Crippen LogP contribution in [0.5, 0.6) is 11.5 Å². The van der Waals surface area contributed by atoms with E-state index in [1.54, 1.807) is 24.3 Å². The second-order valence-corrected chi connectivity index (χ2v) is 9.14. The SMILES string of the molecule is CCc1cc(Oc2cccc(N(CCc3cccc(C(F)(F)C(F)(F)F)c3)C[C@@H](O)C(F)(F)F)c2)ccc1Cl. The van der Waals surface area contributed by atoms with Crippen LogP contribution in [0.4, 0.5) is 40.8 Å². The van der Waals surface area contributed by atoms with Gasteiger partial charge in [-0.1, -0.05) is 42.8 Å². The lowest BCUT2D eigenvalue weighted by atomic mass is 10.0. The maximum atomic E-state index is 13.8. The van der Waals surface area contributed by atoms with Crippen LogP contribution < -0.4 is 9.64 Å². The number of halogens is 9. The van der Waals surface area contributed by atoms with Crippen molar-refractivity contribution in [3.63, 3.8) is 0 Å². The molecule has 0 amide bonds. The van der Waals surface area contributed by atoms with E-state index in [1.165, 1.54) is 24.3 Å². The van der Waals surface area contributed by atoms with E-state index in [4.69, 9.17) is 16.3 Å². The van der Waals surface area contributed by atoms with Crippen LogP contribution in [0.25, 0.3) is 0 Å². The monoisotopic (exact) mass is 581 g/mol. The van der Waals surface area contributed by atoms with Gasteiger partial charge in [-0.25, -0.2) is 0 Å². The van der Waals surface area contributed by atoms with E-state index in [2.05, 4.69) is 0 Å². The minimum atomic E-state index is -5.81. The normalized spacial score (nSPS) is 13.3. The van der Waals surface area contributed by atoms with Crippen molar-refractivity contribution in [2.45, 2.75) is 44.1 Å². The summed E-state index contributed by atoms with van der Waals surface area (Å²) in [6.45, 7) is 0.750. The molecule has 0 aliphatic heterocycles. The molecule has 0 heterocycles. The van der Waals surface area contributed by atoms with Gasteiger partial charge in [-0.2, -0.15) is 35.1 Å². The number of aliphatic hydroxyl groups is 1. The Bertz CT molecular complexity index is 1260. The zero-order chi connectivity index (χ0) is 29.0. The standard InChI is InChI=1S/C27H24ClF8NO2/c1-2-18-14-22(9-10-23(18)28)39-21-8-4-7-20(15-21)37(16-24(38)26(31,32)33)12-11-17-5-3-6-19(13-17)25(29,30)27(34,35)36/h3-10,13-15,24,38H,2,11-12,16H2,1H3/t24-/m1/s1. The van der Waals surface area contributed by atoms with E-state index in [-0.39, 0.29) is 30.0 Å². The van der Waals surface area contributed by atoms with Gasteiger partial charge in [-0.05, 0) is 60.4 Å². The van der Waals surface area contributed by atoms with Gasteiger partial charge in [0.2, 0.25) is 0 Å². The number of aliphatic hydroxyl groups excluding tert-OH is 1. The maximum absolute atomic E-state index is 13.8. The largest absolute Gasteiger partial charge is 0.458 e. The van der Waals surface area contributed by atoms with Gasteiger partial charge in [0.05, 0.1) is 6.54 Å². The van der Waals surface area contributed by atoms with Gasteiger partial charge in [0.15, 0.2) is 6.10 Å². The molecule has 0 unspecified atom stereocenters. The highest BCUT2D eigenvalue weighted by Crippen LogP contribution is 2.44. The van der Waals surface area contributed by atoms with Crippen molar-refractivity contribution in [3.8, 4) is 11.5 Å². The molecule has 212 valence electrons. The number of anilines is 1. The molecule has 3 aromatic rings. The fraction of sp³-hybridized carbons (Fsp3) is 0.333. The zero-order valence-corrected chi connectivity index (χ0v) is 21.2. The van der Waals surface area contributed by atoms with Crippen molar-refractivity contribution in [1.82, 2.24) is 0 Å². The van der Waals surface area contributed by atoms with Crippen molar-refractivity contribution >= 4 is 17.3 Å². The van der Waals surface area contributed by atoms with E-state index in [0.29, 0.717) is 29.3 Å². The molecule has 0 aromatic heterocycles. The number of benzene rings is 3. The molecule has 3 nitrogen and oxygen atoms in total. The number of nitrogens with zero attached hydrogens (tertiary/aromatic N) is 1. The highest BCUT2D eigenvalue weighted by Gasteiger charge is 2.58. The van der Waals surface area contributed by atoms with Crippen molar-refractivity contribution in [2.24, 2.45) is 0 Å². The molecular formula is C27H24ClF8NO2. The summed E-state index contributed by atoms with van der Waals surface area (Å²) < 4.78 is 111. The number of aryl methyl sites for hydroxylation is 1. The highest BCUT2D eigenvalue weighted by molar-refractivity contribution is 6.31. The van der Waals surface area contributed by atoms with E-state index in [9.17, 15) is 40.2 Å². The molecule has 0 fully saturated rings. The minimum absolute atomic E-state index is 0.0450. The summed E-state index contributed by atoms with van der Waals surface area (Å²) in [6.07, 6.45) is -13.0. The second-order valence-electron chi connectivity index (χ2n) is 8.73. The third kappa shape index (κ3) is 7.76. The number of ether oxygens (including phenoxy) is 1. The predicted octanol–water partition coefficient (Wildman–Crippen LogP) is 8.32. The molecular weight excluding hydrogens is 558 g/mol. The van der Waals surface area contributed by atoms with Crippen LogP contribution in [0.2, 0.25) is 5.02 Å². The number of rotatable bonds is 10. The second kappa shape index (κ2) is 12.0. The quantitative estimate of drug-likeness (QED) is 0.244. The summed E-state index contributed by atoms with van der Waals surface area (Å²) in [5.41, 5.74) is -0.210. The first-order valence-corrected chi connectivity index (χ1v) is 12.1. The first kappa shape index (κ1) is 30.5. The van der Waals surface area contributed by atoms with Gasteiger partial charge in [-0.3, -0.25) is 0 Å². The van der Waals surface area contributed by atoms with Gasteiger partial charge >= 0.3 is 18.3 Å². The summed E-state index contributed by atoms with van der Waals surface area (Å²) in [6, 6.07) is 14.5. The smallest absolute Gasteiger partial charge is 0.457 e. The van der Waals surface area contributed by atoms with E-state index in [1.807, 2.05) is 6.92 Å². The minimum Gasteiger partial charge on any atom is -0.457 e. The number of alkyl halides is 8. The van der Waals surface area contributed by atoms with E-state index < -0.39 is 36.5 Å². The third-order valence-corrected chi connectivity index (χ3v) is 6.27. The molecule has 39 heavy (non-hydrogen) atoms. The lowest BCUT2D eigenvalue weighted by molar-refractivity contribution is -0.289. The van der Waals surface area contributed by atoms with Gasteiger partial charge in [-0.15, -0.1) is 0 Å². The molecule has 0 spiro atoms. The van der Waals surface area contributed by atoms with E-state index in [0.717, 1.165) is 16.5 Å². The molecule has 0 saturated carbocycles. The first-order chi connectivity index (χ1) is 18.1. The van der Waals surface area contributed by atoms with Crippen molar-refractivity contribution < 1.29 is 45.0 Å². The lowest BCUT2D eigenvalue weighted by Gasteiger charge is -2.29. The van der Waals surface area contributed by atoms with Crippen LogP contribution in [-0.4, -0.2) is 36.7 Å². The number of hydrogen-bond acceptors (Lipinski definition) is 3. The molecule has 0 bridgehead atoms. The van der Waals surface area contributed by atoms with Gasteiger partial charge < -0.3 is 14.7 Å². The lowest BCUT2D eigenvalue weighted by Crippen LogP contribution is -2.42. The maximum Gasteiger partial charge on any atom is 0.458 e. The first-order valence-electron chi connectivity index (χ1n) is 11.7. The molecule has 12 heteroatoms. The third-order valence-electron chi connectivity index (χ3n) is 5.90. The van der Waals surface area contributed by atoms with Crippen molar-refractivity contribution in [1.29, 1.82) is 0 Å². The Labute approximate surface area is 224 Å². The van der Waals surface area contributed by atoms with Gasteiger partial charge in [0.1, 0.15) is 11.5 Å². The molecule has 1 N–H and O–H groups in total. The molecule has 0 aliphatic carbocycles. The van der Waals surface area contributed by atoms with Crippen LogP contribution in [0.1, 0.15) is 23.6 Å². The Morgan fingerprint density at radius 3 is 2.18 bits per heavy atom. The summed E-state index contributed by atoms with van der Waals surface area (Å²) >= 11 is 6.12. The Morgan fingerprint density at radius 1 is 0.872 bits per heavy atom. The Balaban J connectivity index is 1.86. The fourth-order valence-electron chi connectivity index (χ4n) is 3.75. The van der Waals surface area contributed by atoms with Crippen LogP contribution in [0.15, 0.2) is 66.7 Å². The Kier molecular flexibility index (Phi) is 9.38. The average Bonchev–Trinajstić information content (AvgIpc) is 2.86. The Morgan fingerprint density at radius 2 is 1.54 bits per heavy atom. The van der Waals surface area contributed by atoms with Gasteiger partial charge in [0.25, 0.3) is 0 Å². The summed E-state index contributed by atoms with van der Waals surface area (Å²) in [4.78, 5) is 1.15. The molecule has 3 aromatic carbocycles. The molecule has 0 aliphatic rings. The summed E-state index contributed by atoms with van der Waals surface area (Å²) in [5.74, 6) is -4.41. The molecule has 3 rings (SSSR count). The Hall–Kier alpha value is -3.05. The van der Waals surface area contributed by atoms with Crippen LogP contribution >= 0.6 is 11.6 Å². The summed E-state index contributed by atoms with van der Waals surface area (Å²) in [7, 11) is 0. The van der Waals surface area contributed by atoms with E-state index >= 15 is 0 Å². The van der Waals surface area contributed by atoms with Gasteiger partial charge in [0, 0.05) is 28.9 Å². The van der Waals surface area contributed by atoms with Crippen LogP contribution in [0.3, 0.4) is 0 Å². The zero-order valence-electron chi connectivity index (χ0n) is 20.5. The molecule has 1 atom stereocenters. The highest BCUT2D eigenvalue weighted by atomic mass is 35.5. The molecule has 0 saturated heterocycles. The van der Waals surface area contributed by atoms with Crippen molar-refractivity contribution in [3.05, 3.63) is 88.4 Å².